The van der Waals surface area contributed by atoms with Crippen molar-refractivity contribution >= 4 is 5.91 Å². The van der Waals surface area contributed by atoms with E-state index in [-0.39, 0.29) is 11.9 Å². The van der Waals surface area contributed by atoms with Gasteiger partial charge in [-0.3, -0.25) is 9.69 Å². The molecular formula is C11H23N3O. The van der Waals surface area contributed by atoms with E-state index in [2.05, 4.69) is 22.6 Å². The van der Waals surface area contributed by atoms with Crippen molar-refractivity contribution < 1.29 is 4.79 Å². The second-order valence-corrected chi connectivity index (χ2v) is 4.22. The Morgan fingerprint density at radius 3 is 2.67 bits per heavy atom. The van der Waals surface area contributed by atoms with E-state index in [1.807, 2.05) is 13.8 Å². The van der Waals surface area contributed by atoms with Crippen molar-refractivity contribution in [2.75, 3.05) is 26.7 Å². The van der Waals surface area contributed by atoms with Gasteiger partial charge in [0.25, 0.3) is 0 Å². The van der Waals surface area contributed by atoms with Crippen LogP contribution >= 0.6 is 0 Å². The average Bonchev–Trinajstić information content (AvgIpc) is 2.28. The molecule has 0 bridgehead atoms. The van der Waals surface area contributed by atoms with Gasteiger partial charge >= 0.3 is 0 Å². The summed E-state index contributed by atoms with van der Waals surface area (Å²) in [5.41, 5.74) is 0. The van der Waals surface area contributed by atoms with Gasteiger partial charge in [0.1, 0.15) is 0 Å². The fourth-order valence-corrected chi connectivity index (χ4v) is 2.04. The number of carbonyl (C=O) groups excluding carboxylic acids is 1. The summed E-state index contributed by atoms with van der Waals surface area (Å²) in [7, 11) is 2.05. The van der Waals surface area contributed by atoms with Crippen LogP contribution in [0.3, 0.4) is 0 Å². The van der Waals surface area contributed by atoms with E-state index in [1.165, 1.54) is 0 Å². The molecule has 4 nitrogen and oxygen atoms in total. The third kappa shape index (κ3) is 3.47. The maximum atomic E-state index is 11.7. The zero-order valence-electron chi connectivity index (χ0n) is 10.0. The molecule has 1 fully saturated rings. The van der Waals surface area contributed by atoms with Crippen LogP contribution < -0.4 is 10.6 Å². The summed E-state index contributed by atoms with van der Waals surface area (Å²) < 4.78 is 0. The molecule has 0 aromatic carbocycles. The molecule has 88 valence electrons. The molecule has 0 saturated carbocycles. The van der Waals surface area contributed by atoms with Crippen LogP contribution in [0.5, 0.6) is 0 Å². The summed E-state index contributed by atoms with van der Waals surface area (Å²) in [5.74, 6) is 0.138. The van der Waals surface area contributed by atoms with Crippen LogP contribution in [0.4, 0.5) is 0 Å². The maximum absolute atomic E-state index is 11.7. The molecule has 4 heteroatoms. The first-order chi connectivity index (χ1) is 7.16. The Labute approximate surface area is 92.4 Å². The van der Waals surface area contributed by atoms with Crippen LogP contribution in [0, 0.1) is 0 Å². The first-order valence-corrected chi connectivity index (χ1v) is 5.87. The van der Waals surface area contributed by atoms with Crippen LogP contribution in [0.2, 0.25) is 0 Å². The highest BCUT2D eigenvalue weighted by Crippen LogP contribution is 2.12. The third-order valence-electron chi connectivity index (χ3n) is 3.23. The van der Waals surface area contributed by atoms with Crippen molar-refractivity contribution in [3.63, 3.8) is 0 Å². The zero-order valence-corrected chi connectivity index (χ0v) is 10.0. The van der Waals surface area contributed by atoms with Gasteiger partial charge in [0.15, 0.2) is 0 Å². The van der Waals surface area contributed by atoms with E-state index in [9.17, 15) is 4.79 Å². The highest BCUT2D eigenvalue weighted by Gasteiger charge is 2.25. The molecule has 0 radical (unpaired) electrons. The molecule has 1 saturated heterocycles. The summed E-state index contributed by atoms with van der Waals surface area (Å²) in [6.45, 7) is 6.78. The van der Waals surface area contributed by atoms with Gasteiger partial charge in [-0.25, -0.2) is 0 Å². The quantitative estimate of drug-likeness (QED) is 0.701. The van der Waals surface area contributed by atoms with Crippen molar-refractivity contribution in [1.29, 1.82) is 0 Å². The minimum atomic E-state index is -0.0203. The van der Waals surface area contributed by atoms with Gasteiger partial charge in [-0.15, -0.1) is 0 Å². The fourth-order valence-electron chi connectivity index (χ4n) is 2.04. The normalized spacial score (nSPS) is 20.3. The second kappa shape index (κ2) is 6.08. The summed E-state index contributed by atoms with van der Waals surface area (Å²) in [6, 6.07) is 0.525. The number of rotatable bonds is 4. The van der Waals surface area contributed by atoms with Crippen molar-refractivity contribution in [2.45, 2.75) is 38.8 Å². The molecule has 1 aliphatic heterocycles. The Bertz CT molecular complexity index is 202. The minimum absolute atomic E-state index is 0.0203. The minimum Gasteiger partial charge on any atom is -0.355 e. The summed E-state index contributed by atoms with van der Waals surface area (Å²) in [5, 5.41) is 6.20. The highest BCUT2D eigenvalue weighted by atomic mass is 16.2. The fraction of sp³-hybridized carbons (Fsp3) is 0.909. The predicted octanol–water partition coefficient (Wildman–Crippen LogP) is 0.195. The van der Waals surface area contributed by atoms with E-state index >= 15 is 0 Å². The number of piperidine rings is 1. The molecule has 1 rings (SSSR count). The SMILES string of the molecule is CCNC(=O)C(C)N(C)C1CCNCC1. The van der Waals surface area contributed by atoms with E-state index in [0.29, 0.717) is 12.6 Å². The third-order valence-corrected chi connectivity index (χ3v) is 3.23. The number of hydrogen-bond acceptors (Lipinski definition) is 3. The molecule has 0 spiro atoms. The molecule has 0 aromatic rings. The van der Waals surface area contributed by atoms with Crippen LogP contribution in [-0.2, 0) is 4.79 Å². The topological polar surface area (TPSA) is 44.4 Å². The van der Waals surface area contributed by atoms with Gasteiger partial charge in [0, 0.05) is 12.6 Å². The van der Waals surface area contributed by atoms with Crippen molar-refractivity contribution in [3.8, 4) is 0 Å². The first-order valence-electron chi connectivity index (χ1n) is 5.87. The van der Waals surface area contributed by atoms with Gasteiger partial charge in [-0.2, -0.15) is 0 Å². The lowest BCUT2D eigenvalue weighted by molar-refractivity contribution is -0.126. The van der Waals surface area contributed by atoms with E-state index in [1.54, 1.807) is 0 Å². The predicted molar refractivity (Wildman–Crippen MR) is 61.8 cm³/mol. The molecule has 1 unspecified atom stereocenters. The molecule has 0 aromatic heterocycles. The van der Waals surface area contributed by atoms with Crippen LogP contribution in [-0.4, -0.2) is 49.6 Å². The first kappa shape index (κ1) is 12.5. The lowest BCUT2D eigenvalue weighted by Gasteiger charge is -2.35. The summed E-state index contributed by atoms with van der Waals surface area (Å²) in [6.07, 6.45) is 2.28. The molecule has 0 aliphatic carbocycles. The summed E-state index contributed by atoms with van der Waals surface area (Å²) >= 11 is 0. The maximum Gasteiger partial charge on any atom is 0.237 e. The van der Waals surface area contributed by atoms with E-state index in [4.69, 9.17) is 0 Å². The van der Waals surface area contributed by atoms with Gasteiger partial charge < -0.3 is 10.6 Å². The monoisotopic (exact) mass is 213 g/mol. The van der Waals surface area contributed by atoms with Crippen LogP contribution in [0.1, 0.15) is 26.7 Å². The lowest BCUT2D eigenvalue weighted by atomic mass is 10.0. The highest BCUT2D eigenvalue weighted by molar-refractivity contribution is 5.81. The molecule has 1 heterocycles. The number of nitrogens with zero attached hydrogens (tertiary/aromatic N) is 1. The molecule has 1 aliphatic rings. The average molecular weight is 213 g/mol. The van der Waals surface area contributed by atoms with Crippen LogP contribution in [0.15, 0.2) is 0 Å². The Morgan fingerprint density at radius 1 is 1.53 bits per heavy atom. The number of nitrogens with one attached hydrogen (secondary N) is 2. The van der Waals surface area contributed by atoms with E-state index < -0.39 is 0 Å². The largest absolute Gasteiger partial charge is 0.355 e. The second-order valence-electron chi connectivity index (χ2n) is 4.22. The summed E-state index contributed by atoms with van der Waals surface area (Å²) in [4.78, 5) is 13.9. The van der Waals surface area contributed by atoms with Gasteiger partial charge in [0.2, 0.25) is 5.91 Å². The van der Waals surface area contributed by atoms with E-state index in [0.717, 1.165) is 25.9 Å². The molecule has 2 N–H and O–H groups in total. The van der Waals surface area contributed by atoms with Crippen molar-refractivity contribution in [2.24, 2.45) is 0 Å². The van der Waals surface area contributed by atoms with Gasteiger partial charge in [0.05, 0.1) is 6.04 Å². The van der Waals surface area contributed by atoms with Crippen molar-refractivity contribution in [3.05, 3.63) is 0 Å². The number of carbonyl (C=O) groups is 1. The van der Waals surface area contributed by atoms with Gasteiger partial charge in [-0.1, -0.05) is 0 Å². The standard InChI is InChI=1S/C11H23N3O/c1-4-13-11(15)9(2)14(3)10-5-7-12-8-6-10/h9-10,12H,4-8H2,1-3H3,(H,13,15). The Morgan fingerprint density at radius 2 is 2.13 bits per heavy atom. The van der Waals surface area contributed by atoms with Crippen LogP contribution in [0.25, 0.3) is 0 Å². The Balaban J connectivity index is 2.43. The molecule has 1 amide bonds. The molecule has 1 atom stereocenters. The number of likely N-dealkylation sites (N-methyl/N-ethyl adjacent to an activating group) is 2. The number of hydrogen-bond donors (Lipinski definition) is 2. The smallest absolute Gasteiger partial charge is 0.237 e. The Kier molecular flexibility index (Phi) is 5.05. The van der Waals surface area contributed by atoms with Gasteiger partial charge in [-0.05, 0) is 46.8 Å². The molecule has 15 heavy (non-hydrogen) atoms. The number of amides is 1. The molecular weight excluding hydrogens is 190 g/mol. The zero-order chi connectivity index (χ0) is 11.3. The lowest BCUT2D eigenvalue weighted by Crippen LogP contribution is -2.50. The van der Waals surface area contributed by atoms with Crippen molar-refractivity contribution in [1.82, 2.24) is 15.5 Å². The Hall–Kier alpha value is -0.610.